The van der Waals surface area contributed by atoms with Crippen LogP contribution in [0.5, 0.6) is 5.75 Å². The molecule has 2 aromatic carbocycles. The van der Waals surface area contributed by atoms with Gasteiger partial charge in [-0.3, -0.25) is 14.4 Å². The predicted octanol–water partition coefficient (Wildman–Crippen LogP) is 5.25. The van der Waals surface area contributed by atoms with Gasteiger partial charge in [0.25, 0.3) is 0 Å². The smallest absolute Gasteiger partial charge is 0.248 e. The number of benzene rings is 2. The zero-order chi connectivity index (χ0) is 29.3. The normalized spacial score (nSPS) is 28.1. The molecule has 2 aromatic rings. The minimum Gasteiger partial charge on any atom is -0.494 e. The summed E-state index contributed by atoms with van der Waals surface area (Å²) in [6.07, 6.45) is 2.60. The lowest BCUT2D eigenvalue weighted by Gasteiger charge is -2.35. The van der Waals surface area contributed by atoms with Gasteiger partial charge in [0.05, 0.1) is 33.9 Å². The number of ether oxygens (including phenoxy) is 1. The molecule has 220 valence electrons. The van der Waals surface area contributed by atoms with Crippen molar-refractivity contribution >= 4 is 68.4 Å². The summed E-state index contributed by atoms with van der Waals surface area (Å²) in [5, 5.41) is 15.6. The van der Waals surface area contributed by atoms with Gasteiger partial charge in [-0.2, -0.15) is 0 Å². The highest BCUT2D eigenvalue weighted by Crippen LogP contribution is 2.67. The first-order valence-electron chi connectivity index (χ1n) is 14.0. The molecule has 0 saturated carbocycles. The molecule has 3 heterocycles. The zero-order valence-electron chi connectivity index (χ0n) is 23.1. The van der Waals surface area contributed by atoms with E-state index in [4.69, 9.17) is 16.3 Å². The van der Waals surface area contributed by atoms with Crippen LogP contribution < -0.4 is 15.4 Å². The maximum atomic E-state index is 14.2. The Morgan fingerprint density at radius 2 is 1.90 bits per heavy atom. The molecule has 2 bridgehead atoms. The van der Waals surface area contributed by atoms with Gasteiger partial charge in [-0.05, 0) is 75.4 Å². The second kappa shape index (κ2) is 12.5. The van der Waals surface area contributed by atoms with Crippen molar-refractivity contribution in [3.63, 3.8) is 0 Å². The zero-order valence-corrected chi connectivity index (χ0v) is 26.2. The van der Waals surface area contributed by atoms with Crippen LogP contribution in [0.4, 0.5) is 11.4 Å². The summed E-state index contributed by atoms with van der Waals surface area (Å²) < 4.78 is 4.75. The summed E-state index contributed by atoms with van der Waals surface area (Å²) >= 11 is 11.8. The van der Waals surface area contributed by atoms with E-state index in [1.807, 2.05) is 26.0 Å². The summed E-state index contributed by atoms with van der Waals surface area (Å²) in [4.78, 5) is 43.7. The number of thioether (sulfide) groups is 1. The Labute approximate surface area is 258 Å². The molecule has 3 saturated heterocycles. The van der Waals surface area contributed by atoms with E-state index in [1.165, 1.54) is 0 Å². The van der Waals surface area contributed by atoms with Crippen LogP contribution in [0.15, 0.2) is 42.5 Å². The minimum atomic E-state index is -0.761. The van der Waals surface area contributed by atoms with Crippen molar-refractivity contribution in [3.8, 4) is 5.75 Å². The number of hydrogen-bond donors (Lipinski definition) is 3. The molecule has 0 radical (unpaired) electrons. The standard InChI is InChI=1S/C30H35BrClN3O5S/c1-3-40-19-12-10-18(11-13-19)33-27(37)22-23-29(39)35(14-5-4-6-15-36)26(30(23)16-20(31)25(22)41-30)28(38)34-24-17(2)8-7-9-21(24)32/h7-13,20,22-23,25-26,36H,3-6,14-16H2,1-2H3,(H,33,37)(H,34,38)/t20?,22-,23-,25-,26?,30?/m0/s1. The highest BCUT2D eigenvalue weighted by atomic mass is 79.9. The average molecular weight is 665 g/mol. The SMILES string of the molecule is CCOc1ccc(NC(=O)[C@H]2[C@H]3C(=O)N(CCCCCO)C(C(=O)Nc4c(C)cccc4Cl)C34CC(Br)[C@@H]2S4)cc1. The van der Waals surface area contributed by atoms with Gasteiger partial charge in [0.15, 0.2) is 0 Å². The highest BCUT2D eigenvalue weighted by Gasteiger charge is 2.75. The molecule has 3 fully saturated rings. The van der Waals surface area contributed by atoms with Gasteiger partial charge in [0, 0.05) is 28.9 Å². The van der Waals surface area contributed by atoms with Crippen LogP contribution in [0.1, 0.15) is 38.2 Å². The van der Waals surface area contributed by atoms with Crippen molar-refractivity contribution in [2.45, 2.75) is 60.4 Å². The molecule has 6 atom stereocenters. The first kappa shape index (κ1) is 30.2. The van der Waals surface area contributed by atoms with Gasteiger partial charge in [-0.15, -0.1) is 11.8 Å². The van der Waals surface area contributed by atoms with Gasteiger partial charge >= 0.3 is 0 Å². The second-order valence-electron chi connectivity index (χ2n) is 10.8. The summed E-state index contributed by atoms with van der Waals surface area (Å²) in [7, 11) is 0. The first-order valence-corrected chi connectivity index (χ1v) is 16.2. The molecule has 0 aliphatic carbocycles. The number of amides is 3. The van der Waals surface area contributed by atoms with Crippen LogP contribution in [0.2, 0.25) is 5.02 Å². The molecule has 3 aliphatic rings. The fourth-order valence-electron chi connectivity index (χ4n) is 6.55. The number of rotatable bonds is 11. The van der Waals surface area contributed by atoms with Crippen LogP contribution in [0.25, 0.3) is 0 Å². The van der Waals surface area contributed by atoms with Crippen molar-refractivity contribution in [1.29, 1.82) is 0 Å². The van der Waals surface area contributed by atoms with E-state index in [2.05, 4.69) is 26.6 Å². The van der Waals surface area contributed by atoms with E-state index < -0.39 is 22.6 Å². The van der Waals surface area contributed by atoms with E-state index in [1.54, 1.807) is 47.0 Å². The largest absolute Gasteiger partial charge is 0.494 e. The molecule has 3 unspecified atom stereocenters. The lowest BCUT2D eigenvalue weighted by atomic mass is 9.70. The van der Waals surface area contributed by atoms with Crippen molar-refractivity contribution in [2.24, 2.45) is 11.8 Å². The Bertz CT molecular complexity index is 1290. The third-order valence-corrected chi connectivity index (χ3v) is 11.8. The fraction of sp³-hybridized carbons (Fsp3) is 0.500. The minimum absolute atomic E-state index is 0.0284. The van der Waals surface area contributed by atoms with Crippen molar-refractivity contribution in [2.75, 3.05) is 30.4 Å². The summed E-state index contributed by atoms with van der Waals surface area (Å²) in [5.74, 6) is -1.19. The van der Waals surface area contributed by atoms with Crippen molar-refractivity contribution < 1.29 is 24.2 Å². The van der Waals surface area contributed by atoms with Crippen LogP contribution in [0, 0.1) is 18.8 Å². The van der Waals surface area contributed by atoms with E-state index in [0.717, 1.165) is 12.0 Å². The number of alkyl halides is 1. The van der Waals surface area contributed by atoms with E-state index in [0.29, 0.717) is 54.6 Å². The second-order valence-corrected chi connectivity index (χ2v) is 14.0. The van der Waals surface area contributed by atoms with Crippen LogP contribution in [-0.4, -0.2) is 68.4 Å². The van der Waals surface area contributed by atoms with Crippen molar-refractivity contribution in [3.05, 3.63) is 53.1 Å². The number of likely N-dealkylation sites (tertiary alicyclic amines) is 1. The number of nitrogens with one attached hydrogen (secondary N) is 2. The number of anilines is 2. The molecule has 11 heteroatoms. The molecule has 1 spiro atoms. The Morgan fingerprint density at radius 1 is 1.15 bits per heavy atom. The molecule has 3 amide bonds. The monoisotopic (exact) mass is 663 g/mol. The highest BCUT2D eigenvalue weighted by molar-refractivity contribution is 9.09. The maximum absolute atomic E-state index is 14.2. The topological polar surface area (TPSA) is 108 Å². The number of aliphatic hydroxyl groups excluding tert-OH is 1. The Hall–Kier alpha value is -2.27. The summed E-state index contributed by atoms with van der Waals surface area (Å²) in [5.41, 5.74) is 1.98. The number of carbonyl (C=O) groups excluding carboxylic acids is 3. The van der Waals surface area contributed by atoms with Crippen molar-refractivity contribution in [1.82, 2.24) is 4.90 Å². The Kier molecular flexibility index (Phi) is 9.23. The molecule has 3 N–H and O–H groups in total. The summed E-state index contributed by atoms with van der Waals surface area (Å²) in [6.45, 7) is 4.79. The van der Waals surface area contributed by atoms with Gasteiger partial charge in [-0.25, -0.2) is 0 Å². The van der Waals surface area contributed by atoms with Gasteiger partial charge in [0.1, 0.15) is 11.8 Å². The number of hydrogen-bond acceptors (Lipinski definition) is 6. The Balaban J connectivity index is 1.45. The number of fused-ring (bicyclic) bond motifs is 1. The number of unbranched alkanes of at least 4 members (excludes halogenated alkanes) is 2. The lowest BCUT2D eigenvalue weighted by Crippen LogP contribution is -2.52. The van der Waals surface area contributed by atoms with Gasteiger partial charge in [0.2, 0.25) is 17.7 Å². The number of halogens is 2. The lowest BCUT2D eigenvalue weighted by molar-refractivity contribution is -0.138. The van der Waals surface area contributed by atoms with Crippen LogP contribution >= 0.6 is 39.3 Å². The average Bonchev–Trinajstić information content (AvgIpc) is 3.53. The fourth-order valence-corrected chi connectivity index (χ4v) is 10.4. The van der Waals surface area contributed by atoms with E-state index >= 15 is 0 Å². The molecule has 8 nitrogen and oxygen atoms in total. The Morgan fingerprint density at radius 3 is 2.59 bits per heavy atom. The molecule has 0 aromatic heterocycles. The molecular weight excluding hydrogens is 630 g/mol. The van der Waals surface area contributed by atoms with E-state index in [9.17, 15) is 19.5 Å². The third-order valence-electron chi connectivity index (χ3n) is 8.30. The molecular formula is C30H35BrClN3O5S. The maximum Gasteiger partial charge on any atom is 0.248 e. The molecule has 3 aliphatic heterocycles. The van der Waals surface area contributed by atoms with Gasteiger partial charge in [-0.1, -0.05) is 39.7 Å². The molecule has 41 heavy (non-hydrogen) atoms. The summed E-state index contributed by atoms with van der Waals surface area (Å²) in [6, 6.07) is 11.8. The number of carbonyl (C=O) groups is 3. The van der Waals surface area contributed by atoms with E-state index in [-0.39, 0.29) is 34.4 Å². The quantitative estimate of drug-likeness (QED) is 0.224. The number of aliphatic hydroxyl groups is 1. The molecule has 5 rings (SSSR count). The number of para-hydroxylation sites is 1. The number of nitrogens with zero attached hydrogens (tertiary/aromatic N) is 1. The number of aryl methyl sites for hydroxylation is 1. The first-order chi connectivity index (χ1) is 19.7. The van der Waals surface area contributed by atoms with Crippen LogP contribution in [0.3, 0.4) is 0 Å². The third kappa shape index (κ3) is 5.60. The van der Waals surface area contributed by atoms with Crippen LogP contribution in [-0.2, 0) is 14.4 Å². The van der Waals surface area contributed by atoms with Gasteiger partial charge < -0.3 is 25.4 Å². The predicted molar refractivity (Wildman–Crippen MR) is 166 cm³/mol.